The van der Waals surface area contributed by atoms with E-state index in [0.717, 1.165) is 11.3 Å². The summed E-state index contributed by atoms with van der Waals surface area (Å²) < 4.78 is 5.41. The fraction of sp³-hybridized carbons (Fsp3) is 0.417. The van der Waals surface area contributed by atoms with Crippen LogP contribution in [0.1, 0.15) is 5.56 Å². The smallest absolute Gasteiger partial charge is 0.218 e. The quantitative estimate of drug-likeness (QED) is 0.684. The lowest BCUT2D eigenvalue weighted by Gasteiger charge is -2.13. The lowest BCUT2D eigenvalue weighted by atomic mass is 10.1. The largest absolute Gasteiger partial charge is 0.475 e. The van der Waals surface area contributed by atoms with E-state index in [1.54, 1.807) is 0 Å². The van der Waals surface area contributed by atoms with E-state index in [2.05, 4.69) is 10.3 Å². The zero-order valence-corrected chi connectivity index (χ0v) is 9.47. The molecule has 0 radical (unpaired) electrons. The average molecular weight is 236 g/mol. The van der Waals surface area contributed by atoms with Gasteiger partial charge in [0.1, 0.15) is 6.61 Å². The number of rotatable bonds is 5. The van der Waals surface area contributed by atoms with Crippen molar-refractivity contribution in [3.63, 3.8) is 0 Å². The summed E-state index contributed by atoms with van der Waals surface area (Å²) in [6, 6.07) is 7.61. The number of ether oxygens (including phenoxy) is 1. The molecule has 0 aromatic heterocycles. The highest BCUT2D eigenvalue weighted by Crippen LogP contribution is 2.18. The fourth-order valence-electron chi connectivity index (χ4n) is 1.61. The molecule has 1 unspecified atom stereocenters. The normalized spacial score (nSPS) is 16.2. The Hall–Kier alpha value is -1.59. The second-order valence-corrected chi connectivity index (χ2v) is 3.80. The molecule has 0 aliphatic carbocycles. The van der Waals surface area contributed by atoms with Crippen LogP contribution < -0.4 is 5.32 Å². The molecule has 0 amide bonds. The topological polar surface area (TPSA) is 74.1 Å². The van der Waals surface area contributed by atoms with Crippen molar-refractivity contribution < 1.29 is 14.9 Å². The Morgan fingerprint density at radius 2 is 2.24 bits per heavy atom. The van der Waals surface area contributed by atoms with E-state index >= 15 is 0 Å². The molecule has 1 aliphatic rings. The van der Waals surface area contributed by atoms with Gasteiger partial charge in [-0.05, 0) is 12.1 Å². The molecule has 1 heterocycles. The summed E-state index contributed by atoms with van der Waals surface area (Å²) in [6.07, 6.45) is -0.769. The van der Waals surface area contributed by atoms with Crippen molar-refractivity contribution in [1.29, 1.82) is 0 Å². The standard InChI is InChI=1S/C12H16N2O3/c15-8-9(16)7-14-11-4-2-1-3-10(11)12-13-5-6-17-12/h1-4,9,14-16H,5-8H2. The SMILES string of the molecule is OCC(O)CNc1ccccc1C1=NCCO1. The number of nitrogens with one attached hydrogen (secondary N) is 1. The predicted molar refractivity (Wildman–Crippen MR) is 65.4 cm³/mol. The maximum absolute atomic E-state index is 9.30. The number of anilines is 1. The molecule has 92 valence electrons. The Balaban J connectivity index is 2.10. The van der Waals surface area contributed by atoms with E-state index in [0.29, 0.717) is 25.6 Å². The molecule has 1 aromatic rings. The summed E-state index contributed by atoms with van der Waals surface area (Å²) in [5, 5.41) is 21.1. The van der Waals surface area contributed by atoms with E-state index in [-0.39, 0.29) is 6.61 Å². The van der Waals surface area contributed by atoms with Gasteiger partial charge in [-0.3, -0.25) is 0 Å². The molecule has 5 heteroatoms. The van der Waals surface area contributed by atoms with Crippen LogP contribution in [0, 0.1) is 0 Å². The second kappa shape index (κ2) is 5.65. The fourth-order valence-corrected chi connectivity index (χ4v) is 1.61. The lowest BCUT2D eigenvalue weighted by molar-refractivity contribution is 0.105. The Bertz CT molecular complexity index is 406. The molecule has 1 aliphatic heterocycles. The first-order chi connectivity index (χ1) is 8.31. The van der Waals surface area contributed by atoms with Crippen molar-refractivity contribution in [2.24, 2.45) is 4.99 Å². The molecule has 0 bridgehead atoms. The van der Waals surface area contributed by atoms with Gasteiger partial charge in [-0.25, -0.2) is 4.99 Å². The van der Waals surface area contributed by atoms with Gasteiger partial charge in [0.25, 0.3) is 0 Å². The summed E-state index contributed by atoms with van der Waals surface area (Å²) in [4.78, 5) is 4.26. The zero-order chi connectivity index (χ0) is 12.1. The summed E-state index contributed by atoms with van der Waals surface area (Å²) in [7, 11) is 0. The highest BCUT2D eigenvalue weighted by Gasteiger charge is 2.14. The molecule has 0 saturated carbocycles. The van der Waals surface area contributed by atoms with Crippen LogP contribution in [0.2, 0.25) is 0 Å². The van der Waals surface area contributed by atoms with Gasteiger partial charge in [-0.1, -0.05) is 12.1 Å². The van der Waals surface area contributed by atoms with E-state index in [1.807, 2.05) is 24.3 Å². The third-order valence-corrected chi connectivity index (χ3v) is 2.48. The van der Waals surface area contributed by atoms with Gasteiger partial charge in [0.15, 0.2) is 0 Å². The Labute approximate surface area is 99.8 Å². The molecular formula is C12H16N2O3. The number of aliphatic imine (C=N–C) groups is 1. The molecule has 3 N–H and O–H groups in total. The van der Waals surface area contributed by atoms with Crippen LogP contribution >= 0.6 is 0 Å². The van der Waals surface area contributed by atoms with Crippen LogP contribution in [0.5, 0.6) is 0 Å². The van der Waals surface area contributed by atoms with Crippen LogP contribution in [0.25, 0.3) is 0 Å². The first-order valence-corrected chi connectivity index (χ1v) is 5.60. The van der Waals surface area contributed by atoms with Gasteiger partial charge in [0.05, 0.1) is 24.8 Å². The molecule has 5 nitrogen and oxygen atoms in total. The zero-order valence-electron chi connectivity index (χ0n) is 9.47. The second-order valence-electron chi connectivity index (χ2n) is 3.80. The summed E-state index contributed by atoms with van der Waals surface area (Å²) in [5.41, 5.74) is 1.73. The average Bonchev–Trinajstić information content (AvgIpc) is 2.90. The highest BCUT2D eigenvalue weighted by atomic mass is 16.5. The minimum atomic E-state index is -0.769. The third kappa shape index (κ3) is 2.95. The van der Waals surface area contributed by atoms with Crippen LogP contribution in [-0.4, -0.2) is 48.5 Å². The van der Waals surface area contributed by atoms with E-state index < -0.39 is 6.10 Å². The Kier molecular flexibility index (Phi) is 3.95. The lowest BCUT2D eigenvalue weighted by Crippen LogP contribution is -2.23. The highest BCUT2D eigenvalue weighted by molar-refractivity contribution is 6.00. The summed E-state index contributed by atoms with van der Waals surface area (Å²) >= 11 is 0. The molecule has 2 rings (SSSR count). The van der Waals surface area contributed by atoms with E-state index in [1.165, 1.54) is 0 Å². The molecule has 0 saturated heterocycles. The van der Waals surface area contributed by atoms with Crippen LogP contribution in [0.3, 0.4) is 0 Å². The van der Waals surface area contributed by atoms with Crippen molar-refractivity contribution in [2.75, 3.05) is 31.6 Å². The van der Waals surface area contributed by atoms with Crippen molar-refractivity contribution in [2.45, 2.75) is 6.10 Å². The van der Waals surface area contributed by atoms with Crippen LogP contribution in [0.4, 0.5) is 5.69 Å². The molecule has 1 aromatic carbocycles. The van der Waals surface area contributed by atoms with Crippen molar-refractivity contribution in [1.82, 2.24) is 0 Å². The molecule has 0 fully saturated rings. The van der Waals surface area contributed by atoms with Gasteiger partial charge in [0, 0.05) is 12.2 Å². The number of aliphatic hydroxyl groups is 2. The van der Waals surface area contributed by atoms with Gasteiger partial charge in [-0.2, -0.15) is 0 Å². The number of nitrogens with zero attached hydrogens (tertiary/aromatic N) is 1. The number of aliphatic hydroxyl groups excluding tert-OH is 2. The summed E-state index contributed by atoms with van der Waals surface area (Å²) in [6.45, 7) is 1.33. The summed E-state index contributed by atoms with van der Waals surface area (Å²) in [5.74, 6) is 0.631. The first kappa shape index (κ1) is 11.9. The van der Waals surface area contributed by atoms with E-state index in [9.17, 15) is 5.11 Å². The minimum Gasteiger partial charge on any atom is -0.475 e. The number of benzene rings is 1. The van der Waals surface area contributed by atoms with Gasteiger partial charge in [0.2, 0.25) is 5.90 Å². The van der Waals surface area contributed by atoms with Crippen molar-refractivity contribution in [3.8, 4) is 0 Å². The third-order valence-electron chi connectivity index (χ3n) is 2.48. The number of hydrogen-bond acceptors (Lipinski definition) is 5. The molecule has 1 atom stereocenters. The first-order valence-electron chi connectivity index (χ1n) is 5.60. The molecular weight excluding hydrogens is 220 g/mol. The van der Waals surface area contributed by atoms with Gasteiger partial charge in [-0.15, -0.1) is 0 Å². The van der Waals surface area contributed by atoms with Crippen LogP contribution in [-0.2, 0) is 4.74 Å². The Morgan fingerprint density at radius 3 is 2.94 bits per heavy atom. The van der Waals surface area contributed by atoms with Crippen molar-refractivity contribution >= 4 is 11.6 Å². The van der Waals surface area contributed by atoms with Crippen molar-refractivity contribution in [3.05, 3.63) is 29.8 Å². The van der Waals surface area contributed by atoms with E-state index in [4.69, 9.17) is 9.84 Å². The number of para-hydroxylation sites is 1. The van der Waals surface area contributed by atoms with Gasteiger partial charge >= 0.3 is 0 Å². The monoisotopic (exact) mass is 236 g/mol. The van der Waals surface area contributed by atoms with Gasteiger partial charge < -0.3 is 20.3 Å². The number of hydrogen-bond donors (Lipinski definition) is 3. The molecule has 0 spiro atoms. The predicted octanol–water partition coefficient (Wildman–Crippen LogP) is 0.228. The Morgan fingerprint density at radius 1 is 1.41 bits per heavy atom. The molecule has 17 heavy (non-hydrogen) atoms. The maximum Gasteiger partial charge on any atom is 0.218 e. The minimum absolute atomic E-state index is 0.257. The maximum atomic E-state index is 9.30. The van der Waals surface area contributed by atoms with Crippen LogP contribution in [0.15, 0.2) is 29.3 Å².